The monoisotopic (exact) mass is 543 g/mol. The first kappa shape index (κ1) is 25.5. The van der Waals surface area contributed by atoms with Crippen molar-refractivity contribution in [2.24, 2.45) is 10.9 Å². The minimum absolute atomic E-state index is 0. The smallest absolute Gasteiger partial charge is 0.191 e. The van der Waals surface area contributed by atoms with E-state index in [0.29, 0.717) is 18.4 Å². The Hall–Kier alpha value is -1.78. The van der Waals surface area contributed by atoms with Gasteiger partial charge in [0.05, 0.1) is 31.6 Å². The molecular weight excluding hydrogens is 509 g/mol. The average Bonchev–Trinajstić information content (AvgIpc) is 3.43. The van der Waals surface area contributed by atoms with E-state index in [1.165, 1.54) is 0 Å². The fourth-order valence-electron chi connectivity index (χ4n) is 3.24. The third-order valence-electron chi connectivity index (χ3n) is 4.89. The normalized spacial score (nSPS) is 17.3. The summed E-state index contributed by atoms with van der Waals surface area (Å²) in [6.07, 6.45) is 2.93. The molecule has 3 N–H and O–H groups in total. The van der Waals surface area contributed by atoms with Crippen LogP contribution in [-0.4, -0.2) is 50.0 Å². The third kappa shape index (κ3) is 9.08. The lowest BCUT2D eigenvalue weighted by molar-refractivity contribution is 0.185. The number of halogens is 1. The first-order valence-corrected chi connectivity index (χ1v) is 10.7. The summed E-state index contributed by atoms with van der Waals surface area (Å²) >= 11 is 0. The minimum Gasteiger partial charge on any atom is -0.491 e. The number of hydrogen-bond donors (Lipinski definition) is 3. The van der Waals surface area contributed by atoms with Gasteiger partial charge in [0.1, 0.15) is 11.5 Å². The molecular formula is C23H34IN3O4. The number of rotatable bonds is 10. The topological polar surface area (TPSA) is 88.3 Å². The molecule has 0 radical (unpaired) electrons. The van der Waals surface area contributed by atoms with Gasteiger partial charge < -0.3 is 29.6 Å². The molecule has 0 saturated carbocycles. The van der Waals surface area contributed by atoms with E-state index in [4.69, 9.17) is 13.9 Å². The zero-order valence-corrected chi connectivity index (χ0v) is 20.6. The standard InChI is InChI=1S/C23H33N3O4.HI/c1-17(2)30-21-7-5-19(6-8-21)22(27)15-26-23(25-14-18-10-13-28-16-18)24-11-9-20-4-3-12-29-20;/h3-8,12,17-18,22,27H,9-11,13-16H2,1-2H3,(H2,24,25,26);1H. The predicted octanol–water partition coefficient (Wildman–Crippen LogP) is 3.53. The summed E-state index contributed by atoms with van der Waals surface area (Å²) in [5, 5.41) is 17.3. The summed E-state index contributed by atoms with van der Waals surface area (Å²) in [5.41, 5.74) is 0.814. The summed E-state index contributed by atoms with van der Waals surface area (Å²) in [6.45, 7) is 7.33. The van der Waals surface area contributed by atoms with Crippen LogP contribution in [0.15, 0.2) is 52.1 Å². The Kier molecular flexibility index (Phi) is 11.2. The maximum Gasteiger partial charge on any atom is 0.191 e. The van der Waals surface area contributed by atoms with Gasteiger partial charge >= 0.3 is 0 Å². The predicted molar refractivity (Wildman–Crippen MR) is 132 cm³/mol. The van der Waals surface area contributed by atoms with E-state index >= 15 is 0 Å². The van der Waals surface area contributed by atoms with Crippen LogP contribution in [0.5, 0.6) is 5.75 Å². The molecule has 2 heterocycles. The molecule has 7 nitrogen and oxygen atoms in total. The second kappa shape index (κ2) is 13.6. The van der Waals surface area contributed by atoms with Gasteiger partial charge in [-0.3, -0.25) is 4.99 Å². The SMILES string of the molecule is CC(C)Oc1ccc(C(O)CN=C(NCCc2ccco2)NCC2CCOC2)cc1.I. The number of aliphatic hydroxyl groups excluding tert-OH is 1. The Balaban J connectivity index is 0.00000341. The second-order valence-corrected chi connectivity index (χ2v) is 7.81. The van der Waals surface area contributed by atoms with Crippen molar-refractivity contribution in [3.63, 3.8) is 0 Å². The van der Waals surface area contributed by atoms with Gasteiger partial charge in [0, 0.05) is 32.0 Å². The second-order valence-electron chi connectivity index (χ2n) is 7.81. The zero-order chi connectivity index (χ0) is 21.2. The Morgan fingerprint density at radius 2 is 2.03 bits per heavy atom. The Bertz CT molecular complexity index is 760. The van der Waals surface area contributed by atoms with E-state index in [9.17, 15) is 5.11 Å². The number of aliphatic imine (C=N–C) groups is 1. The maximum absolute atomic E-state index is 10.6. The molecule has 0 spiro atoms. The van der Waals surface area contributed by atoms with Crippen molar-refractivity contribution >= 4 is 29.9 Å². The largest absolute Gasteiger partial charge is 0.491 e. The highest BCUT2D eigenvalue weighted by atomic mass is 127. The molecule has 1 aliphatic heterocycles. The van der Waals surface area contributed by atoms with Crippen LogP contribution in [0.4, 0.5) is 0 Å². The van der Waals surface area contributed by atoms with Crippen molar-refractivity contribution in [1.29, 1.82) is 0 Å². The molecule has 1 saturated heterocycles. The van der Waals surface area contributed by atoms with Crippen molar-refractivity contribution in [3.8, 4) is 5.75 Å². The van der Waals surface area contributed by atoms with E-state index < -0.39 is 6.10 Å². The molecule has 31 heavy (non-hydrogen) atoms. The molecule has 0 bridgehead atoms. The summed E-state index contributed by atoms with van der Waals surface area (Å²) in [4.78, 5) is 4.59. The lowest BCUT2D eigenvalue weighted by Crippen LogP contribution is -2.41. The van der Waals surface area contributed by atoms with Crippen LogP contribution in [0.25, 0.3) is 0 Å². The Labute approximate surface area is 201 Å². The quantitative estimate of drug-likeness (QED) is 0.242. The van der Waals surface area contributed by atoms with Crippen LogP contribution in [0.2, 0.25) is 0 Å². The zero-order valence-electron chi connectivity index (χ0n) is 18.3. The summed E-state index contributed by atoms with van der Waals surface area (Å²) in [6, 6.07) is 11.4. The lowest BCUT2D eigenvalue weighted by atomic mass is 10.1. The summed E-state index contributed by atoms with van der Waals surface area (Å²) in [7, 11) is 0. The highest BCUT2D eigenvalue weighted by Gasteiger charge is 2.16. The van der Waals surface area contributed by atoms with Gasteiger partial charge in [-0.15, -0.1) is 24.0 Å². The number of hydrogen-bond acceptors (Lipinski definition) is 5. The number of furan rings is 1. The van der Waals surface area contributed by atoms with Crippen molar-refractivity contribution in [3.05, 3.63) is 54.0 Å². The molecule has 3 rings (SSSR count). The van der Waals surface area contributed by atoms with Gasteiger partial charge in [0.25, 0.3) is 0 Å². The molecule has 1 aromatic heterocycles. The van der Waals surface area contributed by atoms with Crippen molar-refractivity contribution in [2.75, 3.05) is 32.8 Å². The lowest BCUT2D eigenvalue weighted by Gasteiger charge is -2.16. The fraction of sp³-hybridized carbons (Fsp3) is 0.522. The van der Waals surface area contributed by atoms with Crippen molar-refractivity contribution < 1.29 is 19.0 Å². The van der Waals surface area contributed by atoms with Gasteiger partial charge in [-0.25, -0.2) is 0 Å². The van der Waals surface area contributed by atoms with E-state index in [1.54, 1.807) is 6.26 Å². The van der Waals surface area contributed by atoms with E-state index in [-0.39, 0.29) is 36.6 Å². The number of guanidine groups is 1. The van der Waals surface area contributed by atoms with Crippen LogP contribution in [0, 0.1) is 5.92 Å². The number of ether oxygens (including phenoxy) is 2. The number of benzene rings is 1. The molecule has 1 fully saturated rings. The van der Waals surface area contributed by atoms with Crippen molar-refractivity contribution in [2.45, 2.75) is 38.9 Å². The first-order valence-electron chi connectivity index (χ1n) is 10.7. The molecule has 2 atom stereocenters. The molecule has 8 heteroatoms. The van der Waals surface area contributed by atoms with Crippen molar-refractivity contribution in [1.82, 2.24) is 10.6 Å². The number of nitrogens with one attached hydrogen (secondary N) is 2. The highest BCUT2D eigenvalue weighted by molar-refractivity contribution is 14.0. The Morgan fingerprint density at radius 3 is 2.68 bits per heavy atom. The summed E-state index contributed by atoms with van der Waals surface area (Å²) < 4.78 is 16.5. The molecule has 1 aliphatic rings. The van der Waals surface area contributed by atoms with Gasteiger partial charge in [0.15, 0.2) is 5.96 Å². The van der Waals surface area contributed by atoms with Gasteiger partial charge in [-0.2, -0.15) is 0 Å². The molecule has 0 aliphatic carbocycles. The first-order chi connectivity index (χ1) is 14.6. The van der Waals surface area contributed by atoms with E-state index in [0.717, 1.165) is 49.7 Å². The van der Waals surface area contributed by atoms with Crippen LogP contribution in [0.3, 0.4) is 0 Å². The molecule has 2 aromatic rings. The Morgan fingerprint density at radius 1 is 1.23 bits per heavy atom. The van der Waals surface area contributed by atoms with Crippen LogP contribution < -0.4 is 15.4 Å². The maximum atomic E-state index is 10.6. The number of aliphatic hydroxyl groups is 1. The molecule has 1 aromatic carbocycles. The number of nitrogens with zero attached hydrogens (tertiary/aromatic N) is 1. The van der Waals surface area contributed by atoms with Gasteiger partial charge in [-0.05, 0) is 50.1 Å². The third-order valence-corrected chi connectivity index (χ3v) is 4.89. The van der Waals surface area contributed by atoms with Gasteiger partial charge in [0.2, 0.25) is 0 Å². The highest BCUT2D eigenvalue weighted by Crippen LogP contribution is 2.19. The molecule has 0 amide bonds. The average molecular weight is 543 g/mol. The fourth-order valence-corrected chi connectivity index (χ4v) is 3.24. The van der Waals surface area contributed by atoms with E-state index in [2.05, 4.69) is 15.6 Å². The van der Waals surface area contributed by atoms with Crippen LogP contribution >= 0.6 is 24.0 Å². The van der Waals surface area contributed by atoms with Crippen LogP contribution in [0.1, 0.15) is 37.7 Å². The minimum atomic E-state index is -0.684. The molecule has 2 unspecified atom stereocenters. The van der Waals surface area contributed by atoms with E-state index in [1.807, 2.05) is 50.2 Å². The molecule has 172 valence electrons. The van der Waals surface area contributed by atoms with Gasteiger partial charge in [-0.1, -0.05) is 12.1 Å². The van der Waals surface area contributed by atoms with Crippen LogP contribution in [-0.2, 0) is 11.2 Å². The summed E-state index contributed by atoms with van der Waals surface area (Å²) in [5.74, 6) is 2.90.